The zero-order chi connectivity index (χ0) is 20.1. The number of methoxy groups -OCH3 is 2. The first-order valence-corrected chi connectivity index (χ1v) is 10.8. The summed E-state index contributed by atoms with van der Waals surface area (Å²) in [5.41, 5.74) is 0.955. The van der Waals surface area contributed by atoms with Crippen LogP contribution < -0.4 is 14.4 Å². The lowest BCUT2D eigenvalue weighted by molar-refractivity contribution is 0.346. The zero-order valence-corrected chi connectivity index (χ0v) is 17.4. The van der Waals surface area contributed by atoms with E-state index in [1.54, 1.807) is 30.7 Å². The number of ether oxygens (including phenoxy) is 2. The molecule has 0 N–H and O–H groups in total. The second-order valence-electron chi connectivity index (χ2n) is 6.83. The van der Waals surface area contributed by atoms with Gasteiger partial charge >= 0.3 is 0 Å². The van der Waals surface area contributed by atoms with Crippen LogP contribution in [-0.4, -0.2) is 52.1 Å². The average molecular weight is 406 g/mol. The van der Waals surface area contributed by atoms with Crippen LogP contribution in [0.5, 0.6) is 11.5 Å². The van der Waals surface area contributed by atoms with E-state index in [-0.39, 0.29) is 4.90 Å². The molecule has 0 radical (unpaired) electrons. The predicted octanol–water partition coefficient (Wildman–Crippen LogP) is 2.91. The highest BCUT2D eigenvalue weighted by Crippen LogP contribution is 2.32. The fourth-order valence-corrected chi connectivity index (χ4v) is 4.88. The second-order valence-corrected chi connectivity index (χ2v) is 8.76. The summed E-state index contributed by atoms with van der Waals surface area (Å²) in [4.78, 5) is 6.56. The standard InChI is InChI=1S/C20H27N3O4S/c1-22(15-16-8-7-9-18(26-2)20(16)27-3)19-11-10-17(14-21-19)28(24,25)23-12-5-4-6-13-23/h7-11,14H,4-6,12-13,15H2,1-3H3. The summed E-state index contributed by atoms with van der Waals surface area (Å²) in [6.07, 6.45) is 4.35. The van der Waals surface area contributed by atoms with Gasteiger partial charge in [-0.25, -0.2) is 13.4 Å². The first-order chi connectivity index (χ1) is 13.5. The molecule has 0 unspecified atom stereocenters. The van der Waals surface area contributed by atoms with Crippen LogP contribution in [-0.2, 0) is 16.6 Å². The number of benzene rings is 1. The molecule has 8 heteroatoms. The molecule has 1 fully saturated rings. The van der Waals surface area contributed by atoms with E-state index < -0.39 is 10.0 Å². The highest BCUT2D eigenvalue weighted by atomic mass is 32.2. The molecule has 1 aromatic heterocycles. The first-order valence-electron chi connectivity index (χ1n) is 9.34. The zero-order valence-electron chi connectivity index (χ0n) is 16.6. The van der Waals surface area contributed by atoms with E-state index in [4.69, 9.17) is 9.47 Å². The van der Waals surface area contributed by atoms with Crippen LogP contribution in [0.3, 0.4) is 0 Å². The van der Waals surface area contributed by atoms with Crippen LogP contribution in [0.15, 0.2) is 41.4 Å². The first kappa shape index (κ1) is 20.4. The number of rotatable bonds is 7. The van der Waals surface area contributed by atoms with Gasteiger partial charge in [0.2, 0.25) is 10.0 Å². The Morgan fingerprint density at radius 1 is 1.07 bits per heavy atom. The van der Waals surface area contributed by atoms with E-state index >= 15 is 0 Å². The molecule has 7 nitrogen and oxygen atoms in total. The van der Waals surface area contributed by atoms with Crippen molar-refractivity contribution in [3.8, 4) is 11.5 Å². The molecule has 0 atom stereocenters. The number of nitrogens with zero attached hydrogens (tertiary/aromatic N) is 3. The quantitative estimate of drug-likeness (QED) is 0.705. The van der Waals surface area contributed by atoms with Gasteiger partial charge in [-0.1, -0.05) is 18.6 Å². The van der Waals surface area contributed by atoms with Crippen LogP contribution in [0, 0.1) is 0 Å². The number of aromatic nitrogens is 1. The van der Waals surface area contributed by atoms with Gasteiger partial charge in [0.15, 0.2) is 11.5 Å². The maximum atomic E-state index is 12.8. The topological polar surface area (TPSA) is 72.0 Å². The lowest BCUT2D eigenvalue weighted by Crippen LogP contribution is -2.35. The number of para-hydroxylation sites is 1. The smallest absolute Gasteiger partial charge is 0.244 e. The van der Waals surface area contributed by atoms with Gasteiger partial charge in [-0.2, -0.15) is 4.31 Å². The van der Waals surface area contributed by atoms with Crippen LogP contribution in [0.4, 0.5) is 5.82 Å². The second kappa shape index (κ2) is 8.79. The molecule has 1 aliphatic heterocycles. The Bertz CT molecular complexity index is 894. The third-order valence-corrected chi connectivity index (χ3v) is 6.84. The molecular formula is C20H27N3O4S. The largest absolute Gasteiger partial charge is 0.493 e. The van der Waals surface area contributed by atoms with E-state index in [9.17, 15) is 8.42 Å². The van der Waals surface area contributed by atoms with Crippen molar-refractivity contribution >= 4 is 15.8 Å². The third kappa shape index (κ3) is 4.23. The van der Waals surface area contributed by atoms with Crippen LogP contribution in [0.25, 0.3) is 0 Å². The van der Waals surface area contributed by atoms with Gasteiger partial charge in [0, 0.05) is 38.4 Å². The maximum absolute atomic E-state index is 12.8. The summed E-state index contributed by atoms with van der Waals surface area (Å²) in [7, 11) is 1.65. The Labute approximate surface area is 166 Å². The van der Waals surface area contributed by atoms with E-state index in [1.807, 2.05) is 30.1 Å². The number of piperidine rings is 1. The number of hydrogen-bond acceptors (Lipinski definition) is 6. The molecule has 1 aliphatic rings. The van der Waals surface area contributed by atoms with E-state index in [0.29, 0.717) is 37.0 Å². The molecule has 0 bridgehead atoms. The number of sulfonamides is 1. The van der Waals surface area contributed by atoms with Gasteiger partial charge in [0.25, 0.3) is 0 Å². The van der Waals surface area contributed by atoms with Crippen molar-refractivity contribution in [2.24, 2.45) is 0 Å². The Morgan fingerprint density at radius 2 is 1.82 bits per heavy atom. The molecule has 1 saturated heterocycles. The van der Waals surface area contributed by atoms with E-state index in [0.717, 1.165) is 24.8 Å². The lowest BCUT2D eigenvalue weighted by Gasteiger charge is -2.26. The molecule has 2 heterocycles. The van der Waals surface area contributed by atoms with Gasteiger partial charge in [-0.3, -0.25) is 0 Å². The lowest BCUT2D eigenvalue weighted by atomic mass is 10.1. The summed E-state index contributed by atoms with van der Waals surface area (Å²) < 4.78 is 37.9. The van der Waals surface area contributed by atoms with Crippen molar-refractivity contribution in [3.63, 3.8) is 0 Å². The average Bonchev–Trinajstić information content (AvgIpc) is 2.74. The number of hydrogen-bond donors (Lipinski definition) is 0. The molecule has 0 amide bonds. The fraction of sp³-hybridized carbons (Fsp3) is 0.450. The van der Waals surface area contributed by atoms with Gasteiger partial charge in [-0.05, 0) is 31.0 Å². The van der Waals surface area contributed by atoms with E-state index in [2.05, 4.69) is 4.98 Å². The normalized spacial score (nSPS) is 15.2. The minimum Gasteiger partial charge on any atom is -0.493 e. The molecule has 2 aromatic rings. The van der Waals surface area contributed by atoms with Crippen molar-refractivity contribution in [1.29, 1.82) is 0 Å². The summed E-state index contributed by atoms with van der Waals surface area (Å²) in [6, 6.07) is 9.09. The molecule has 0 aliphatic carbocycles. The third-order valence-electron chi connectivity index (χ3n) is 4.96. The van der Waals surface area contributed by atoms with Crippen molar-refractivity contribution in [2.75, 3.05) is 39.3 Å². The predicted molar refractivity (Wildman–Crippen MR) is 108 cm³/mol. The van der Waals surface area contributed by atoms with Gasteiger partial charge in [0.05, 0.1) is 14.2 Å². The Morgan fingerprint density at radius 3 is 2.43 bits per heavy atom. The summed E-state index contributed by atoms with van der Waals surface area (Å²) in [5, 5.41) is 0. The Kier molecular flexibility index (Phi) is 6.41. The minimum absolute atomic E-state index is 0.241. The monoisotopic (exact) mass is 405 g/mol. The van der Waals surface area contributed by atoms with Gasteiger partial charge in [0.1, 0.15) is 10.7 Å². The maximum Gasteiger partial charge on any atom is 0.244 e. The van der Waals surface area contributed by atoms with Crippen LogP contribution >= 0.6 is 0 Å². The SMILES string of the molecule is COc1cccc(CN(C)c2ccc(S(=O)(=O)N3CCCCC3)cn2)c1OC. The van der Waals surface area contributed by atoms with Gasteiger partial charge < -0.3 is 14.4 Å². The van der Waals surface area contributed by atoms with E-state index in [1.165, 1.54) is 6.20 Å². The summed E-state index contributed by atoms with van der Waals surface area (Å²) >= 11 is 0. The van der Waals surface area contributed by atoms with Crippen molar-refractivity contribution in [2.45, 2.75) is 30.7 Å². The highest BCUT2D eigenvalue weighted by Gasteiger charge is 2.26. The number of pyridine rings is 1. The number of anilines is 1. The fourth-order valence-electron chi connectivity index (χ4n) is 3.42. The Hall–Kier alpha value is -2.32. The molecule has 0 spiro atoms. The highest BCUT2D eigenvalue weighted by molar-refractivity contribution is 7.89. The molecule has 0 saturated carbocycles. The van der Waals surface area contributed by atoms with Crippen molar-refractivity contribution in [3.05, 3.63) is 42.1 Å². The molecule has 152 valence electrons. The summed E-state index contributed by atoms with van der Waals surface area (Å²) in [6.45, 7) is 1.71. The molecular weight excluding hydrogens is 378 g/mol. The van der Waals surface area contributed by atoms with Crippen LogP contribution in [0.1, 0.15) is 24.8 Å². The van der Waals surface area contributed by atoms with Crippen molar-refractivity contribution < 1.29 is 17.9 Å². The summed E-state index contributed by atoms with van der Waals surface area (Å²) in [5.74, 6) is 2.04. The van der Waals surface area contributed by atoms with Crippen LogP contribution in [0.2, 0.25) is 0 Å². The molecule has 3 rings (SSSR count). The Balaban J connectivity index is 1.76. The molecule has 1 aromatic carbocycles. The van der Waals surface area contributed by atoms with Crippen molar-refractivity contribution in [1.82, 2.24) is 9.29 Å². The molecule has 28 heavy (non-hydrogen) atoms. The van der Waals surface area contributed by atoms with Gasteiger partial charge in [-0.15, -0.1) is 0 Å². The minimum atomic E-state index is -3.47.